The summed E-state index contributed by atoms with van der Waals surface area (Å²) in [7, 11) is 0. The van der Waals surface area contributed by atoms with E-state index < -0.39 is 0 Å². The Morgan fingerprint density at radius 2 is 1.97 bits per heavy atom. The van der Waals surface area contributed by atoms with Crippen LogP contribution in [0.25, 0.3) is 0 Å². The minimum absolute atomic E-state index is 0.0984. The van der Waals surface area contributed by atoms with E-state index in [1.807, 2.05) is 18.7 Å². The fraction of sp³-hybridized carbons (Fsp3) is 0.500. The number of carbonyl (C=O) groups is 3. The highest BCUT2D eigenvalue weighted by Crippen LogP contribution is 2.32. The number of morpholine rings is 1. The summed E-state index contributed by atoms with van der Waals surface area (Å²) in [6.45, 7) is 6.29. The highest BCUT2D eigenvalue weighted by atomic mass is 19.1. The zero-order valence-electron chi connectivity index (χ0n) is 20.2. The Balaban J connectivity index is 1.30. The predicted molar refractivity (Wildman–Crippen MR) is 128 cm³/mol. The highest BCUT2D eigenvalue weighted by molar-refractivity contribution is 6.01. The molecule has 1 aromatic heterocycles. The maximum Gasteiger partial charge on any atom is 0.253 e. The Morgan fingerprint density at radius 1 is 1.20 bits per heavy atom. The number of H-pyrrole nitrogens is 1. The van der Waals surface area contributed by atoms with Crippen molar-refractivity contribution in [3.8, 4) is 0 Å². The zero-order chi connectivity index (χ0) is 24.7. The molecule has 2 atom stereocenters. The third-order valence-electron chi connectivity index (χ3n) is 7.53. The minimum Gasteiger partial charge on any atom is -0.378 e. The van der Waals surface area contributed by atoms with Gasteiger partial charge in [-0.25, -0.2) is 4.39 Å². The van der Waals surface area contributed by atoms with Crippen molar-refractivity contribution in [3.63, 3.8) is 0 Å². The Labute approximate surface area is 203 Å². The molecule has 0 bridgehead atoms. The number of aromatic amines is 1. The summed E-state index contributed by atoms with van der Waals surface area (Å²) in [4.78, 5) is 45.8. The van der Waals surface area contributed by atoms with Crippen molar-refractivity contribution in [1.82, 2.24) is 15.2 Å². The molecule has 5 rings (SSSR count). The van der Waals surface area contributed by atoms with Gasteiger partial charge in [0.25, 0.3) is 5.91 Å². The fourth-order valence-electron chi connectivity index (χ4n) is 5.68. The third kappa shape index (κ3) is 4.45. The van der Waals surface area contributed by atoms with Crippen molar-refractivity contribution >= 4 is 23.4 Å². The first-order valence-corrected chi connectivity index (χ1v) is 12.3. The van der Waals surface area contributed by atoms with E-state index in [2.05, 4.69) is 10.3 Å². The van der Waals surface area contributed by atoms with Crippen LogP contribution in [0, 0.1) is 25.6 Å². The number of amides is 3. The number of hydrogen-bond acceptors (Lipinski definition) is 4. The summed E-state index contributed by atoms with van der Waals surface area (Å²) in [6.07, 6.45) is 2.62. The van der Waals surface area contributed by atoms with Gasteiger partial charge in [0.2, 0.25) is 11.8 Å². The molecule has 0 spiro atoms. The van der Waals surface area contributed by atoms with Crippen molar-refractivity contribution in [1.29, 1.82) is 0 Å². The van der Waals surface area contributed by atoms with Crippen LogP contribution in [0.3, 0.4) is 0 Å². The largest absolute Gasteiger partial charge is 0.378 e. The highest BCUT2D eigenvalue weighted by Gasteiger charge is 2.37. The number of ether oxygens (including phenoxy) is 1. The maximum atomic E-state index is 13.6. The molecule has 2 fully saturated rings. The van der Waals surface area contributed by atoms with Gasteiger partial charge in [0.05, 0.1) is 37.7 Å². The number of benzene rings is 1. The molecule has 1 saturated carbocycles. The number of carbonyl (C=O) groups excluding carboxylic acids is 3. The van der Waals surface area contributed by atoms with E-state index in [1.54, 1.807) is 11.0 Å². The first-order chi connectivity index (χ1) is 16.8. The van der Waals surface area contributed by atoms with Crippen LogP contribution in [0.15, 0.2) is 18.2 Å². The number of aromatic nitrogens is 1. The molecule has 1 saturated heterocycles. The summed E-state index contributed by atoms with van der Waals surface area (Å²) in [5, 5.41) is 3.12. The molecule has 0 radical (unpaired) electrons. The lowest BCUT2D eigenvalue weighted by Gasteiger charge is -2.31. The third-order valence-corrected chi connectivity index (χ3v) is 7.53. The van der Waals surface area contributed by atoms with Gasteiger partial charge in [-0.3, -0.25) is 14.4 Å². The second-order valence-electron chi connectivity index (χ2n) is 9.71. The van der Waals surface area contributed by atoms with E-state index >= 15 is 0 Å². The van der Waals surface area contributed by atoms with Crippen LogP contribution in [-0.4, -0.2) is 60.0 Å². The molecule has 8 nitrogen and oxygen atoms in total. The van der Waals surface area contributed by atoms with E-state index in [0.717, 1.165) is 36.2 Å². The van der Waals surface area contributed by atoms with Crippen LogP contribution in [0.1, 0.15) is 52.1 Å². The molecule has 2 aromatic rings. The van der Waals surface area contributed by atoms with Crippen LogP contribution in [-0.2, 0) is 27.3 Å². The van der Waals surface area contributed by atoms with Crippen molar-refractivity contribution in [2.45, 2.75) is 52.1 Å². The van der Waals surface area contributed by atoms with E-state index in [9.17, 15) is 18.8 Å². The summed E-state index contributed by atoms with van der Waals surface area (Å²) in [5.41, 5.74) is 4.18. The number of nitrogens with zero attached hydrogens (tertiary/aromatic N) is 2. The Kier molecular flexibility index (Phi) is 6.35. The minimum atomic E-state index is -0.360. The molecule has 2 N–H and O–H groups in total. The van der Waals surface area contributed by atoms with Gasteiger partial charge in [-0.2, -0.15) is 0 Å². The predicted octanol–water partition coefficient (Wildman–Crippen LogP) is 2.62. The van der Waals surface area contributed by atoms with E-state index in [-0.39, 0.29) is 48.5 Å². The van der Waals surface area contributed by atoms with Gasteiger partial charge in [0, 0.05) is 36.2 Å². The molecule has 3 aliphatic rings. The molecule has 3 heterocycles. The van der Waals surface area contributed by atoms with Crippen molar-refractivity contribution in [2.24, 2.45) is 5.92 Å². The van der Waals surface area contributed by atoms with Gasteiger partial charge in [-0.15, -0.1) is 0 Å². The monoisotopic (exact) mass is 482 g/mol. The lowest BCUT2D eigenvalue weighted by molar-refractivity contribution is -0.140. The SMILES string of the molecule is Cc1[nH]c(CN2C(=O)Cc3cc(F)ccc32)c(C)c1C(=O)N[C@@H]1CCC[C@@H]1C(=O)N1CCOCC1. The average molecular weight is 483 g/mol. The fourth-order valence-corrected chi connectivity index (χ4v) is 5.68. The first kappa shape index (κ1) is 23.5. The lowest BCUT2D eigenvalue weighted by Crippen LogP contribution is -2.49. The first-order valence-electron chi connectivity index (χ1n) is 12.3. The van der Waals surface area contributed by atoms with Crippen LogP contribution in [0.5, 0.6) is 0 Å². The van der Waals surface area contributed by atoms with Crippen LogP contribution >= 0.6 is 0 Å². The number of aryl methyl sites for hydroxylation is 1. The number of rotatable bonds is 5. The molecule has 0 unspecified atom stereocenters. The van der Waals surface area contributed by atoms with Crippen LogP contribution < -0.4 is 10.2 Å². The molecule has 2 aliphatic heterocycles. The van der Waals surface area contributed by atoms with Crippen molar-refractivity contribution in [3.05, 3.63) is 52.1 Å². The van der Waals surface area contributed by atoms with E-state index in [1.165, 1.54) is 12.1 Å². The molecule has 35 heavy (non-hydrogen) atoms. The summed E-state index contributed by atoms with van der Waals surface area (Å²) in [5.74, 6) is -0.776. The number of fused-ring (bicyclic) bond motifs is 1. The molecule has 3 amide bonds. The quantitative estimate of drug-likeness (QED) is 0.685. The van der Waals surface area contributed by atoms with Gasteiger partial charge >= 0.3 is 0 Å². The number of halogens is 1. The molecule has 1 aliphatic carbocycles. The maximum absolute atomic E-state index is 13.6. The average Bonchev–Trinajstić information content (AvgIpc) is 3.49. The number of nitrogens with one attached hydrogen (secondary N) is 2. The lowest BCUT2D eigenvalue weighted by atomic mass is 10.0. The van der Waals surface area contributed by atoms with E-state index in [0.29, 0.717) is 43.1 Å². The van der Waals surface area contributed by atoms with Gasteiger partial charge in [-0.1, -0.05) is 6.42 Å². The second kappa shape index (κ2) is 9.45. The standard InChI is InChI=1S/C26H31FN4O4/c1-15-21(14-31-22-7-6-18(27)12-17(22)13-23(31)32)28-16(2)24(15)25(33)29-20-5-3-4-19(20)26(34)30-8-10-35-11-9-30/h6-7,12,19-20,28H,3-5,8-11,13-14H2,1-2H3,(H,29,33)/t19-,20+/m0/s1. The van der Waals surface area contributed by atoms with E-state index in [4.69, 9.17) is 4.74 Å². The summed E-state index contributed by atoms with van der Waals surface area (Å²) in [6, 6.07) is 4.18. The normalized spacial score (nSPS) is 22.0. The summed E-state index contributed by atoms with van der Waals surface area (Å²) >= 11 is 0. The van der Waals surface area contributed by atoms with Crippen molar-refractivity contribution in [2.75, 3.05) is 31.2 Å². The Hall–Kier alpha value is -3.20. The second-order valence-corrected chi connectivity index (χ2v) is 9.71. The molecular formula is C26H31FN4O4. The van der Waals surface area contributed by atoms with Crippen molar-refractivity contribution < 1.29 is 23.5 Å². The molecule has 186 valence electrons. The topological polar surface area (TPSA) is 94.7 Å². The van der Waals surface area contributed by atoms with Crippen LogP contribution in [0.2, 0.25) is 0 Å². The smallest absolute Gasteiger partial charge is 0.253 e. The molecule has 1 aromatic carbocycles. The van der Waals surface area contributed by atoms with Gasteiger partial charge < -0.3 is 24.8 Å². The summed E-state index contributed by atoms with van der Waals surface area (Å²) < 4.78 is 19.0. The molecular weight excluding hydrogens is 451 g/mol. The van der Waals surface area contributed by atoms with Gasteiger partial charge in [0.1, 0.15) is 5.82 Å². The van der Waals surface area contributed by atoms with Gasteiger partial charge in [-0.05, 0) is 56.0 Å². The van der Waals surface area contributed by atoms with Crippen LogP contribution in [0.4, 0.5) is 10.1 Å². The Morgan fingerprint density at radius 3 is 2.74 bits per heavy atom. The molecule has 9 heteroatoms. The Bertz CT molecular complexity index is 1170. The number of anilines is 1. The number of hydrogen-bond donors (Lipinski definition) is 2. The van der Waals surface area contributed by atoms with Gasteiger partial charge in [0.15, 0.2) is 0 Å². The zero-order valence-corrected chi connectivity index (χ0v) is 20.2.